The van der Waals surface area contributed by atoms with E-state index in [0.717, 1.165) is 41.8 Å². The molecule has 5 heterocycles. The molecule has 3 N–H and O–H groups in total. The first-order chi connectivity index (χ1) is 16.1. The van der Waals surface area contributed by atoms with Crippen LogP contribution in [-0.2, 0) is 0 Å². The molecule has 2 aliphatic heterocycles. The minimum absolute atomic E-state index is 0.333. The standard InChI is InChI=1S/C24H30N8O/c1-15-11-22(31-30-15)28-21-14-20-19(7-8-23(27-20)33-2)24(29-21)26-16-12-17-5-3-6-18(13-16)32(17)10-4-9-25/h7-8,11,14,16-18H,3-6,10,12-13H2,1-2H3,(H3,26,28,29,30,31)/t16?,17-,18+. The Morgan fingerprint density at radius 2 is 2.00 bits per heavy atom. The first kappa shape index (κ1) is 21.5. The Kier molecular flexibility index (Phi) is 6.01. The number of hydrogen-bond donors (Lipinski definition) is 3. The second kappa shape index (κ2) is 9.24. The first-order valence-electron chi connectivity index (χ1n) is 11.7. The molecule has 5 rings (SSSR count). The van der Waals surface area contributed by atoms with Crippen molar-refractivity contribution in [1.82, 2.24) is 25.1 Å². The number of nitriles is 1. The number of nitrogens with zero attached hydrogens (tertiary/aromatic N) is 5. The smallest absolute Gasteiger partial charge is 0.213 e. The zero-order valence-electron chi connectivity index (χ0n) is 19.1. The van der Waals surface area contributed by atoms with E-state index >= 15 is 0 Å². The lowest BCUT2D eigenvalue weighted by atomic mass is 9.81. The van der Waals surface area contributed by atoms with E-state index in [1.165, 1.54) is 19.3 Å². The van der Waals surface area contributed by atoms with Crippen LogP contribution in [0.2, 0.25) is 0 Å². The van der Waals surface area contributed by atoms with E-state index in [1.807, 2.05) is 31.2 Å². The van der Waals surface area contributed by atoms with Crippen LogP contribution in [0.4, 0.5) is 17.5 Å². The highest BCUT2D eigenvalue weighted by Gasteiger charge is 2.38. The molecule has 9 heteroatoms. The Balaban J connectivity index is 1.42. The maximum Gasteiger partial charge on any atom is 0.213 e. The van der Waals surface area contributed by atoms with Gasteiger partial charge in [-0.15, -0.1) is 0 Å². The Labute approximate surface area is 193 Å². The fraction of sp³-hybridized carbons (Fsp3) is 0.500. The average molecular weight is 447 g/mol. The van der Waals surface area contributed by atoms with E-state index in [4.69, 9.17) is 15.0 Å². The molecule has 0 aliphatic carbocycles. The van der Waals surface area contributed by atoms with Crippen molar-refractivity contribution in [1.29, 1.82) is 5.26 Å². The van der Waals surface area contributed by atoms with Gasteiger partial charge in [0.05, 0.1) is 18.7 Å². The second-order valence-corrected chi connectivity index (χ2v) is 9.03. The number of anilines is 3. The number of pyridine rings is 2. The van der Waals surface area contributed by atoms with Gasteiger partial charge in [0.15, 0.2) is 5.82 Å². The molecular formula is C24H30N8O. The van der Waals surface area contributed by atoms with Crippen LogP contribution in [0, 0.1) is 18.3 Å². The summed E-state index contributed by atoms with van der Waals surface area (Å²) in [5.74, 6) is 2.80. The number of methoxy groups -OCH3 is 1. The third-order valence-corrected chi connectivity index (χ3v) is 6.78. The van der Waals surface area contributed by atoms with E-state index in [0.29, 0.717) is 42.1 Å². The van der Waals surface area contributed by atoms with Gasteiger partial charge in [-0.1, -0.05) is 6.42 Å². The lowest BCUT2D eigenvalue weighted by Crippen LogP contribution is -2.55. The summed E-state index contributed by atoms with van der Waals surface area (Å²) in [6.07, 6.45) is 6.40. The SMILES string of the molecule is COc1ccc2c(NC3C[C@H]4CCC[C@@H](C3)N4CCC#N)nc(Nc3cc(C)[nH]n3)cc2n1. The summed E-state index contributed by atoms with van der Waals surface area (Å²) in [5, 5.41) is 24.3. The highest BCUT2D eigenvalue weighted by molar-refractivity contribution is 5.92. The van der Waals surface area contributed by atoms with Crippen LogP contribution >= 0.6 is 0 Å². The minimum Gasteiger partial charge on any atom is -0.481 e. The molecular weight excluding hydrogens is 416 g/mol. The van der Waals surface area contributed by atoms with Gasteiger partial charge in [0.1, 0.15) is 11.6 Å². The topological polar surface area (TPSA) is 115 Å². The number of aromatic nitrogens is 4. The summed E-state index contributed by atoms with van der Waals surface area (Å²) >= 11 is 0. The van der Waals surface area contributed by atoms with Crippen molar-refractivity contribution in [2.75, 3.05) is 24.3 Å². The maximum absolute atomic E-state index is 9.05. The van der Waals surface area contributed by atoms with Gasteiger partial charge >= 0.3 is 0 Å². The molecule has 1 unspecified atom stereocenters. The van der Waals surface area contributed by atoms with Crippen molar-refractivity contribution >= 4 is 28.4 Å². The molecule has 2 saturated heterocycles. The quantitative estimate of drug-likeness (QED) is 0.496. The number of nitrogens with one attached hydrogen (secondary N) is 3. The van der Waals surface area contributed by atoms with E-state index in [2.05, 4.69) is 36.8 Å². The highest BCUT2D eigenvalue weighted by atomic mass is 16.5. The van der Waals surface area contributed by atoms with Crippen LogP contribution in [-0.4, -0.2) is 56.8 Å². The number of aryl methyl sites for hydroxylation is 1. The van der Waals surface area contributed by atoms with Gasteiger partial charge < -0.3 is 15.4 Å². The number of ether oxygens (including phenoxy) is 1. The molecule has 2 fully saturated rings. The Morgan fingerprint density at radius 3 is 2.70 bits per heavy atom. The number of hydrogen-bond acceptors (Lipinski definition) is 8. The third kappa shape index (κ3) is 4.57. The van der Waals surface area contributed by atoms with Crippen molar-refractivity contribution in [3.63, 3.8) is 0 Å². The monoisotopic (exact) mass is 446 g/mol. The number of fused-ring (bicyclic) bond motifs is 3. The fourth-order valence-electron chi connectivity index (χ4n) is 5.34. The summed E-state index contributed by atoms with van der Waals surface area (Å²) in [6, 6.07) is 11.5. The molecule has 2 bridgehead atoms. The molecule has 2 aliphatic rings. The average Bonchev–Trinajstić information content (AvgIpc) is 3.21. The molecule has 0 saturated carbocycles. The number of piperidine rings is 2. The predicted octanol–water partition coefficient (Wildman–Crippen LogP) is 4.12. The van der Waals surface area contributed by atoms with Crippen LogP contribution in [0.1, 0.15) is 44.2 Å². The minimum atomic E-state index is 0.333. The molecule has 3 atom stereocenters. The summed E-state index contributed by atoms with van der Waals surface area (Å²) in [4.78, 5) is 12.1. The highest BCUT2D eigenvalue weighted by Crippen LogP contribution is 2.36. The predicted molar refractivity (Wildman–Crippen MR) is 128 cm³/mol. The molecule has 33 heavy (non-hydrogen) atoms. The zero-order chi connectivity index (χ0) is 22.8. The molecule has 3 aromatic rings. The number of rotatable bonds is 7. The van der Waals surface area contributed by atoms with Gasteiger partial charge in [-0.05, 0) is 38.7 Å². The van der Waals surface area contributed by atoms with Crippen LogP contribution in [0.3, 0.4) is 0 Å². The van der Waals surface area contributed by atoms with Crippen molar-refractivity contribution in [3.05, 3.63) is 30.0 Å². The normalized spacial score (nSPS) is 22.6. The molecule has 9 nitrogen and oxygen atoms in total. The van der Waals surface area contributed by atoms with Gasteiger partial charge in [-0.3, -0.25) is 10.00 Å². The molecule has 0 amide bonds. The van der Waals surface area contributed by atoms with Crippen molar-refractivity contribution in [3.8, 4) is 11.9 Å². The second-order valence-electron chi connectivity index (χ2n) is 9.03. The first-order valence-corrected chi connectivity index (χ1v) is 11.7. The lowest BCUT2D eigenvalue weighted by molar-refractivity contribution is 0.0370. The van der Waals surface area contributed by atoms with Crippen LogP contribution in [0.5, 0.6) is 5.88 Å². The van der Waals surface area contributed by atoms with E-state index < -0.39 is 0 Å². The van der Waals surface area contributed by atoms with E-state index in [1.54, 1.807) is 7.11 Å². The van der Waals surface area contributed by atoms with Crippen molar-refractivity contribution in [2.24, 2.45) is 0 Å². The number of aromatic amines is 1. The Hall–Kier alpha value is -3.38. The molecule has 0 radical (unpaired) electrons. The van der Waals surface area contributed by atoms with Gasteiger partial charge in [0, 0.05) is 60.4 Å². The summed E-state index contributed by atoms with van der Waals surface area (Å²) in [6.45, 7) is 2.84. The summed E-state index contributed by atoms with van der Waals surface area (Å²) in [5.41, 5.74) is 1.79. The van der Waals surface area contributed by atoms with Crippen LogP contribution in [0.15, 0.2) is 24.3 Å². The molecule has 3 aromatic heterocycles. The lowest BCUT2D eigenvalue weighted by Gasteiger charge is -2.49. The van der Waals surface area contributed by atoms with Gasteiger partial charge in [0.25, 0.3) is 0 Å². The van der Waals surface area contributed by atoms with Crippen LogP contribution in [0.25, 0.3) is 10.9 Å². The third-order valence-electron chi connectivity index (χ3n) is 6.78. The molecule has 172 valence electrons. The summed E-state index contributed by atoms with van der Waals surface area (Å²) < 4.78 is 5.35. The fourth-order valence-corrected chi connectivity index (χ4v) is 5.34. The Bertz CT molecular complexity index is 1150. The van der Waals surface area contributed by atoms with E-state index in [9.17, 15) is 0 Å². The zero-order valence-corrected chi connectivity index (χ0v) is 19.1. The van der Waals surface area contributed by atoms with Gasteiger partial charge in [-0.2, -0.15) is 10.4 Å². The number of H-pyrrole nitrogens is 1. The van der Waals surface area contributed by atoms with Gasteiger partial charge in [0.2, 0.25) is 5.88 Å². The largest absolute Gasteiger partial charge is 0.481 e. The molecule has 0 aromatic carbocycles. The van der Waals surface area contributed by atoms with Crippen molar-refractivity contribution < 1.29 is 4.74 Å². The Morgan fingerprint density at radius 1 is 1.18 bits per heavy atom. The van der Waals surface area contributed by atoms with Crippen LogP contribution < -0.4 is 15.4 Å². The van der Waals surface area contributed by atoms with Crippen molar-refractivity contribution in [2.45, 2.75) is 63.6 Å². The van der Waals surface area contributed by atoms with E-state index in [-0.39, 0.29) is 0 Å². The van der Waals surface area contributed by atoms with Gasteiger partial charge in [-0.25, -0.2) is 9.97 Å². The molecule has 0 spiro atoms. The summed E-state index contributed by atoms with van der Waals surface area (Å²) in [7, 11) is 1.62. The maximum atomic E-state index is 9.05.